The second kappa shape index (κ2) is 8.15. The second-order valence-electron chi connectivity index (χ2n) is 5.95. The molecule has 1 heterocycles. The lowest BCUT2D eigenvalue weighted by molar-refractivity contribution is -0.123. The van der Waals surface area contributed by atoms with Crippen molar-refractivity contribution in [1.29, 1.82) is 0 Å². The lowest BCUT2D eigenvalue weighted by Crippen LogP contribution is -2.41. The molecule has 1 aliphatic heterocycles. The Hall–Kier alpha value is -1.39. The van der Waals surface area contributed by atoms with Crippen LogP contribution in [0.4, 0.5) is 0 Å². The van der Waals surface area contributed by atoms with Crippen molar-refractivity contribution in [2.75, 3.05) is 26.3 Å². The molecule has 0 aromatic heterocycles. The first-order chi connectivity index (χ1) is 10.2. The maximum atomic E-state index is 12.3. The topological polar surface area (TPSA) is 50.4 Å². The van der Waals surface area contributed by atoms with Crippen LogP contribution in [0.2, 0.25) is 0 Å². The van der Waals surface area contributed by atoms with Crippen LogP contribution >= 0.6 is 0 Å². The number of ether oxygens (including phenoxy) is 1. The number of nitrogens with one attached hydrogen (secondary N) is 2. The smallest absolute Gasteiger partial charge is 0.241 e. The van der Waals surface area contributed by atoms with Gasteiger partial charge in [0.25, 0.3) is 0 Å². The number of fused-ring (bicyclic) bond motifs is 1. The van der Waals surface area contributed by atoms with Crippen LogP contribution in [0.5, 0.6) is 0 Å². The van der Waals surface area contributed by atoms with Crippen LogP contribution < -0.4 is 10.6 Å². The molecule has 21 heavy (non-hydrogen) atoms. The van der Waals surface area contributed by atoms with Gasteiger partial charge in [0, 0.05) is 26.3 Å². The molecule has 116 valence electrons. The van der Waals surface area contributed by atoms with E-state index >= 15 is 0 Å². The van der Waals surface area contributed by atoms with E-state index in [2.05, 4.69) is 30.5 Å². The van der Waals surface area contributed by atoms with Gasteiger partial charge in [0.15, 0.2) is 0 Å². The average Bonchev–Trinajstić information content (AvgIpc) is 2.49. The zero-order valence-electron chi connectivity index (χ0n) is 13.0. The van der Waals surface area contributed by atoms with Crippen molar-refractivity contribution in [3.05, 3.63) is 35.4 Å². The van der Waals surface area contributed by atoms with Gasteiger partial charge >= 0.3 is 0 Å². The van der Waals surface area contributed by atoms with Crippen LogP contribution in [-0.4, -0.2) is 32.2 Å². The molecule has 1 amide bonds. The molecular formula is C17H26N2O2. The van der Waals surface area contributed by atoms with E-state index in [1.54, 1.807) is 0 Å². The number of carbonyl (C=O) groups excluding carboxylic acids is 1. The molecule has 1 atom stereocenters. The fourth-order valence-electron chi connectivity index (χ4n) is 2.55. The number of rotatable bonds is 7. The molecule has 2 N–H and O–H groups in total. The summed E-state index contributed by atoms with van der Waals surface area (Å²) in [5, 5.41) is 6.30. The molecule has 0 radical (unpaired) electrons. The van der Waals surface area contributed by atoms with Gasteiger partial charge in [-0.25, -0.2) is 0 Å². The summed E-state index contributed by atoms with van der Waals surface area (Å²) >= 11 is 0. The Bertz CT molecular complexity index is 460. The molecule has 1 aromatic rings. The fourth-order valence-corrected chi connectivity index (χ4v) is 2.55. The van der Waals surface area contributed by atoms with Crippen molar-refractivity contribution in [1.82, 2.24) is 10.6 Å². The first kappa shape index (κ1) is 16.0. The average molecular weight is 290 g/mol. The summed E-state index contributed by atoms with van der Waals surface area (Å²) < 4.78 is 5.51. The van der Waals surface area contributed by atoms with E-state index in [0.29, 0.717) is 19.1 Å². The molecule has 4 heteroatoms. The molecular weight excluding hydrogens is 264 g/mol. The zero-order chi connectivity index (χ0) is 15.1. The van der Waals surface area contributed by atoms with Gasteiger partial charge in [0.2, 0.25) is 5.91 Å². The first-order valence-electron chi connectivity index (χ1n) is 7.85. The lowest BCUT2D eigenvalue weighted by atomic mass is 9.94. The van der Waals surface area contributed by atoms with E-state index in [0.717, 1.165) is 31.6 Å². The Balaban J connectivity index is 1.74. The molecule has 0 saturated heterocycles. The molecule has 0 spiro atoms. The molecule has 1 unspecified atom stereocenters. The van der Waals surface area contributed by atoms with Crippen LogP contribution in [0.25, 0.3) is 0 Å². The molecule has 2 rings (SSSR count). The maximum absolute atomic E-state index is 12.3. The van der Waals surface area contributed by atoms with Gasteiger partial charge < -0.3 is 15.4 Å². The summed E-state index contributed by atoms with van der Waals surface area (Å²) in [5.41, 5.74) is 2.38. The van der Waals surface area contributed by atoms with Crippen LogP contribution in [0.1, 0.15) is 37.4 Å². The Morgan fingerprint density at radius 1 is 1.43 bits per heavy atom. The highest BCUT2D eigenvalue weighted by Gasteiger charge is 2.25. The monoisotopic (exact) mass is 290 g/mol. The molecule has 0 saturated carbocycles. The summed E-state index contributed by atoms with van der Waals surface area (Å²) in [7, 11) is 0. The highest BCUT2D eigenvalue weighted by atomic mass is 16.5. The van der Waals surface area contributed by atoms with Crippen molar-refractivity contribution < 1.29 is 9.53 Å². The summed E-state index contributed by atoms with van der Waals surface area (Å²) in [6, 6.07) is 7.96. The third kappa shape index (κ3) is 4.83. The Labute approximate surface area is 127 Å². The van der Waals surface area contributed by atoms with Gasteiger partial charge in [-0.05, 0) is 29.9 Å². The van der Waals surface area contributed by atoms with Gasteiger partial charge in [-0.2, -0.15) is 0 Å². The van der Waals surface area contributed by atoms with Crippen LogP contribution in [0, 0.1) is 5.92 Å². The normalized spacial score (nSPS) is 17.6. The summed E-state index contributed by atoms with van der Waals surface area (Å²) in [5.74, 6) is 0.619. The predicted octanol–water partition coefficient (Wildman–Crippen LogP) is 2.05. The zero-order valence-corrected chi connectivity index (χ0v) is 13.0. The third-order valence-electron chi connectivity index (χ3n) is 3.59. The van der Waals surface area contributed by atoms with Crippen molar-refractivity contribution in [3.8, 4) is 0 Å². The summed E-state index contributed by atoms with van der Waals surface area (Å²) in [6.45, 7) is 7.27. The molecule has 1 aromatic carbocycles. The summed E-state index contributed by atoms with van der Waals surface area (Å²) in [6.07, 6.45) is 1.84. The van der Waals surface area contributed by atoms with Crippen molar-refractivity contribution in [3.63, 3.8) is 0 Å². The van der Waals surface area contributed by atoms with Crippen molar-refractivity contribution in [2.45, 2.75) is 32.7 Å². The summed E-state index contributed by atoms with van der Waals surface area (Å²) in [4.78, 5) is 12.3. The van der Waals surface area contributed by atoms with Gasteiger partial charge in [-0.3, -0.25) is 4.79 Å². The number of hydrogen-bond donors (Lipinski definition) is 2. The van der Waals surface area contributed by atoms with Crippen LogP contribution in [0.3, 0.4) is 0 Å². The quantitative estimate of drug-likeness (QED) is 0.756. The molecule has 4 nitrogen and oxygen atoms in total. The predicted molar refractivity (Wildman–Crippen MR) is 84.2 cm³/mol. The molecule has 0 aliphatic carbocycles. The van der Waals surface area contributed by atoms with Crippen LogP contribution in [0.15, 0.2) is 24.3 Å². The van der Waals surface area contributed by atoms with Gasteiger partial charge in [-0.15, -0.1) is 0 Å². The highest BCUT2D eigenvalue weighted by molar-refractivity contribution is 5.83. The molecule has 1 aliphatic rings. The van der Waals surface area contributed by atoms with Crippen molar-refractivity contribution >= 4 is 5.91 Å². The SMILES string of the molecule is CC(C)COCCCNC(=O)C1NCCc2ccccc21. The van der Waals surface area contributed by atoms with E-state index in [9.17, 15) is 4.79 Å². The minimum atomic E-state index is -0.216. The van der Waals surface area contributed by atoms with E-state index in [1.807, 2.05) is 18.2 Å². The fraction of sp³-hybridized carbons (Fsp3) is 0.588. The van der Waals surface area contributed by atoms with E-state index in [4.69, 9.17) is 4.74 Å². The lowest BCUT2D eigenvalue weighted by Gasteiger charge is -2.26. The van der Waals surface area contributed by atoms with Gasteiger partial charge in [0.05, 0.1) is 0 Å². The van der Waals surface area contributed by atoms with Crippen LogP contribution in [-0.2, 0) is 16.0 Å². The van der Waals surface area contributed by atoms with E-state index < -0.39 is 0 Å². The second-order valence-corrected chi connectivity index (χ2v) is 5.95. The Morgan fingerprint density at radius 2 is 2.24 bits per heavy atom. The van der Waals surface area contributed by atoms with Gasteiger partial charge in [-0.1, -0.05) is 38.1 Å². The standard InChI is InChI=1S/C17H26N2O2/c1-13(2)12-21-11-5-9-19-17(20)16-15-7-4-3-6-14(15)8-10-18-16/h3-4,6-7,13,16,18H,5,8-12H2,1-2H3,(H,19,20). The molecule has 0 fully saturated rings. The Kier molecular flexibility index (Phi) is 6.21. The Morgan fingerprint density at radius 3 is 3.05 bits per heavy atom. The number of benzene rings is 1. The number of amides is 1. The number of hydrogen-bond acceptors (Lipinski definition) is 3. The minimum absolute atomic E-state index is 0.0611. The van der Waals surface area contributed by atoms with E-state index in [-0.39, 0.29) is 11.9 Å². The van der Waals surface area contributed by atoms with Crippen molar-refractivity contribution in [2.24, 2.45) is 5.92 Å². The maximum Gasteiger partial charge on any atom is 0.241 e. The largest absolute Gasteiger partial charge is 0.381 e. The number of carbonyl (C=O) groups is 1. The first-order valence-corrected chi connectivity index (χ1v) is 7.85. The van der Waals surface area contributed by atoms with Gasteiger partial charge in [0.1, 0.15) is 6.04 Å². The highest BCUT2D eigenvalue weighted by Crippen LogP contribution is 2.22. The third-order valence-corrected chi connectivity index (χ3v) is 3.59. The molecule has 0 bridgehead atoms. The minimum Gasteiger partial charge on any atom is -0.381 e. The van der Waals surface area contributed by atoms with E-state index in [1.165, 1.54) is 5.56 Å².